The summed E-state index contributed by atoms with van der Waals surface area (Å²) >= 11 is 5.27. The molecule has 1 aliphatic carbocycles. The smallest absolute Gasteiger partial charge is 0.262 e. The molecule has 1 aliphatic rings. The third-order valence-corrected chi connectivity index (χ3v) is 5.85. The number of H-pyrrole nitrogens is 1. The van der Waals surface area contributed by atoms with Crippen molar-refractivity contribution in [1.82, 2.24) is 24.5 Å². The Morgan fingerprint density at radius 1 is 1.34 bits per heavy atom. The molecule has 0 spiro atoms. The van der Waals surface area contributed by atoms with Crippen LogP contribution >= 0.6 is 12.2 Å². The van der Waals surface area contributed by atoms with Gasteiger partial charge in [0, 0.05) is 25.0 Å². The van der Waals surface area contributed by atoms with Gasteiger partial charge >= 0.3 is 0 Å². The van der Waals surface area contributed by atoms with Gasteiger partial charge in [0.2, 0.25) is 16.5 Å². The first-order valence-electron chi connectivity index (χ1n) is 9.78. The first-order valence-corrected chi connectivity index (χ1v) is 10.2. The maximum absolute atomic E-state index is 13.7. The maximum Gasteiger partial charge on any atom is 0.262 e. The highest BCUT2D eigenvalue weighted by atomic mass is 32.1. The fourth-order valence-corrected chi connectivity index (χ4v) is 4.20. The quantitative estimate of drug-likeness (QED) is 0.433. The highest BCUT2D eigenvalue weighted by Gasteiger charge is 2.24. The molecule has 1 saturated carbocycles. The van der Waals surface area contributed by atoms with E-state index in [1.54, 1.807) is 4.40 Å². The lowest BCUT2D eigenvalue weighted by Gasteiger charge is -2.25. The van der Waals surface area contributed by atoms with Gasteiger partial charge < -0.3 is 11.1 Å². The van der Waals surface area contributed by atoms with E-state index in [0.717, 1.165) is 25.7 Å². The lowest BCUT2D eigenvalue weighted by atomic mass is 9.86. The highest BCUT2D eigenvalue weighted by molar-refractivity contribution is 7.71. The second kappa shape index (κ2) is 8.03. The van der Waals surface area contributed by atoms with Crippen molar-refractivity contribution in [3.63, 3.8) is 0 Å². The lowest BCUT2D eigenvalue weighted by Crippen LogP contribution is -2.37. The van der Waals surface area contributed by atoms with Crippen LogP contribution in [0.5, 0.6) is 0 Å². The van der Waals surface area contributed by atoms with Crippen molar-refractivity contribution >= 4 is 34.8 Å². The Balaban J connectivity index is 1.51. The molecule has 10 heteroatoms. The van der Waals surface area contributed by atoms with Gasteiger partial charge in [-0.3, -0.25) is 18.6 Å². The number of nitrogens with zero attached hydrogens (tertiary/aromatic N) is 3. The summed E-state index contributed by atoms with van der Waals surface area (Å²) in [5.41, 5.74) is 6.05. The summed E-state index contributed by atoms with van der Waals surface area (Å²) in [5, 5.41) is 10.0. The number of aryl methyl sites for hydroxylation is 1. The molecule has 29 heavy (non-hydrogen) atoms. The molecule has 154 valence electrons. The summed E-state index contributed by atoms with van der Waals surface area (Å²) in [6, 6.07) is 4.21. The Bertz CT molecular complexity index is 1180. The second-order valence-corrected chi connectivity index (χ2v) is 7.93. The van der Waals surface area contributed by atoms with Gasteiger partial charge in [-0.05, 0) is 62.5 Å². The van der Waals surface area contributed by atoms with Crippen LogP contribution in [-0.2, 0) is 11.3 Å². The van der Waals surface area contributed by atoms with Crippen LogP contribution in [0, 0.1) is 16.5 Å². The molecular weight excluding hydrogens is 395 g/mol. The van der Waals surface area contributed by atoms with Gasteiger partial charge in [0.05, 0.1) is 10.9 Å². The van der Waals surface area contributed by atoms with Crippen LogP contribution < -0.4 is 16.6 Å². The molecule has 8 nitrogen and oxygen atoms in total. The number of carbonyl (C=O) groups is 1. The number of hydrogen-bond acceptors (Lipinski definition) is 5. The maximum atomic E-state index is 13.7. The molecule has 0 radical (unpaired) electrons. The Hall–Kier alpha value is -2.59. The van der Waals surface area contributed by atoms with Crippen LogP contribution in [0.25, 0.3) is 16.7 Å². The van der Waals surface area contributed by atoms with Crippen LogP contribution in [0.3, 0.4) is 0 Å². The molecule has 0 unspecified atom stereocenters. The van der Waals surface area contributed by atoms with E-state index in [1.165, 1.54) is 22.8 Å². The van der Waals surface area contributed by atoms with E-state index >= 15 is 0 Å². The molecule has 0 saturated heterocycles. The zero-order valence-electron chi connectivity index (χ0n) is 15.9. The predicted molar refractivity (Wildman–Crippen MR) is 110 cm³/mol. The third kappa shape index (κ3) is 3.82. The Kier molecular flexibility index (Phi) is 5.46. The molecule has 3 aromatic rings. The molecule has 0 aliphatic heterocycles. The molecular formula is C19H23FN6O2S. The summed E-state index contributed by atoms with van der Waals surface area (Å²) in [5.74, 6) is -0.0730. The number of fused-ring (bicyclic) bond motifs is 3. The lowest BCUT2D eigenvalue weighted by molar-refractivity contribution is -0.126. The summed E-state index contributed by atoms with van der Waals surface area (Å²) in [6.07, 6.45) is 3.91. The number of aromatic amines is 1. The number of hydrogen-bond donors (Lipinski definition) is 3. The third-order valence-electron chi connectivity index (χ3n) is 5.57. The van der Waals surface area contributed by atoms with E-state index in [2.05, 4.69) is 15.5 Å². The van der Waals surface area contributed by atoms with Crippen molar-refractivity contribution in [1.29, 1.82) is 0 Å². The predicted octanol–water partition coefficient (Wildman–Crippen LogP) is 1.87. The van der Waals surface area contributed by atoms with Gasteiger partial charge in [-0.25, -0.2) is 9.49 Å². The minimum Gasteiger partial charge on any atom is -0.356 e. The number of aromatic nitrogens is 4. The summed E-state index contributed by atoms with van der Waals surface area (Å²) < 4.78 is 17.1. The van der Waals surface area contributed by atoms with E-state index in [9.17, 15) is 14.0 Å². The molecule has 0 bridgehead atoms. The number of carbonyl (C=O) groups excluding carboxylic acids is 1. The van der Waals surface area contributed by atoms with Gasteiger partial charge in [-0.2, -0.15) is 0 Å². The Morgan fingerprint density at radius 3 is 2.86 bits per heavy atom. The van der Waals surface area contributed by atoms with Gasteiger partial charge in [-0.1, -0.05) is 0 Å². The molecule has 4 rings (SSSR count). The average molecular weight is 418 g/mol. The van der Waals surface area contributed by atoms with Gasteiger partial charge in [0.15, 0.2) is 0 Å². The zero-order valence-corrected chi connectivity index (χ0v) is 16.7. The largest absolute Gasteiger partial charge is 0.356 e. The van der Waals surface area contributed by atoms with Crippen LogP contribution in [0.1, 0.15) is 32.1 Å². The fourth-order valence-electron chi connectivity index (χ4n) is 3.97. The number of rotatable bonds is 5. The SMILES string of the molecule is NC1CCC(C(=O)NCCCn2c(=O)c3cc(F)ccc3n3c(=S)[nH]nc23)CC1. The second-order valence-electron chi connectivity index (χ2n) is 7.54. The zero-order chi connectivity index (χ0) is 20.5. The number of halogens is 1. The molecule has 2 heterocycles. The normalized spacial score (nSPS) is 19.7. The Labute approximate surface area is 170 Å². The van der Waals surface area contributed by atoms with Crippen LogP contribution in [0.15, 0.2) is 23.0 Å². The van der Waals surface area contributed by atoms with Crippen molar-refractivity contribution in [2.24, 2.45) is 11.7 Å². The van der Waals surface area contributed by atoms with Crippen molar-refractivity contribution in [2.75, 3.05) is 6.54 Å². The van der Waals surface area contributed by atoms with E-state index < -0.39 is 5.82 Å². The molecule has 1 amide bonds. The minimum atomic E-state index is -0.491. The molecule has 1 aromatic carbocycles. The molecule has 4 N–H and O–H groups in total. The van der Waals surface area contributed by atoms with Crippen LogP contribution in [-0.4, -0.2) is 37.7 Å². The van der Waals surface area contributed by atoms with E-state index in [4.69, 9.17) is 18.0 Å². The van der Waals surface area contributed by atoms with Gasteiger partial charge in [0.1, 0.15) is 5.82 Å². The number of amides is 1. The van der Waals surface area contributed by atoms with Gasteiger partial charge in [0.25, 0.3) is 5.56 Å². The summed E-state index contributed by atoms with van der Waals surface area (Å²) in [4.78, 5) is 25.2. The van der Waals surface area contributed by atoms with Gasteiger partial charge in [-0.15, -0.1) is 5.10 Å². The topological polar surface area (TPSA) is 110 Å². The summed E-state index contributed by atoms with van der Waals surface area (Å²) in [6.45, 7) is 0.760. The van der Waals surface area contributed by atoms with Crippen molar-refractivity contribution in [2.45, 2.75) is 44.7 Å². The average Bonchev–Trinajstić information content (AvgIpc) is 3.09. The van der Waals surface area contributed by atoms with E-state index in [0.29, 0.717) is 35.6 Å². The Morgan fingerprint density at radius 2 is 2.10 bits per heavy atom. The minimum absolute atomic E-state index is 0.0116. The number of nitrogens with one attached hydrogen (secondary N) is 2. The number of nitrogens with two attached hydrogens (primary N) is 1. The monoisotopic (exact) mass is 418 g/mol. The molecule has 2 aromatic heterocycles. The molecule has 0 atom stereocenters. The first kappa shape index (κ1) is 19.7. The standard InChI is InChI=1S/C19H23FN6O2S/c20-12-4-7-15-14(10-12)17(28)25(18-23-24-19(29)26(15)18)9-1-8-22-16(27)11-2-5-13(21)6-3-11/h4,7,10-11,13H,1-3,5-6,8-9,21H2,(H,22,27)(H,24,29). The van der Waals surface area contributed by atoms with Crippen molar-refractivity contribution in [3.8, 4) is 0 Å². The van der Waals surface area contributed by atoms with Crippen molar-refractivity contribution < 1.29 is 9.18 Å². The van der Waals surface area contributed by atoms with Crippen LogP contribution in [0.2, 0.25) is 0 Å². The number of benzene rings is 1. The fraction of sp³-hybridized carbons (Fsp3) is 0.474. The van der Waals surface area contributed by atoms with E-state index in [1.807, 2.05) is 0 Å². The first-order chi connectivity index (χ1) is 14.0. The van der Waals surface area contributed by atoms with Crippen LogP contribution in [0.4, 0.5) is 4.39 Å². The molecule has 1 fully saturated rings. The van der Waals surface area contributed by atoms with Crippen molar-refractivity contribution in [3.05, 3.63) is 39.1 Å². The summed E-state index contributed by atoms with van der Waals surface area (Å²) in [7, 11) is 0. The highest BCUT2D eigenvalue weighted by Crippen LogP contribution is 2.23. The van der Waals surface area contributed by atoms with E-state index in [-0.39, 0.29) is 28.8 Å².